The third kappa shape index (κ3) is 3.92. The van der Waals surface area contributed by atoms with Gasteiger partial charge in [-0.05, 0) is 39.1 Å². The molecule has 0 radical (unpaired) electrons. The zero-order valence-corrected chi connectivity index (χ0v) is 14.2. The van der Waals surface area contributed by atoms with Crippen LogP contribution >= 0.6 is 0 Å². The van der Waals surface area contributed by atoms with E-state index < -0.39 is 9.84 Å². The summed E-state index contributed by atoms with van der Waals surface area (Å²) in [4.78, 5) is 10.9. The number of aromatic nitrogens is 2. The highest BCUT2D eigenvalue weighted by molar-refractivity contribution is 7.90. The van der Waals surface area contributed by atoms with E-state index in [1.165, 1.54) is 12.6 Å². The number of benzene rings is 1. The molecule has 0 saturated heterocycles. The van der Waals surface area contributed by atoms with Gasteiger partial charge in [-0.1, -0.05) is 0 Å². The third-order valence-corrected chi connectivity index (χ3v) is 4.78. The highest BCUT2D eigenvalue weighted by Crippen LogP contribution is 2.22. The van der Waals surface area contributed by atoms with Crippen LogP contribution in [0.2, 0.25) is 0 Å². The van der Waals surface area contributed by atoms with Gasteiger partial charge in [0.15, 0.2) is 9.84 Å². The summed E-state index contributed by atoms with van der Waals surface area (Å²) < 4.78 is 23.4. The lowest BCUT2D eigenvalue weighted by atomic mass is 10.2. The smallest absolute Gasteiger partial charge is 0.175 e. The SMILES string of the molecule is CC(C)N(C)CCNc1ncnc2ccc(S(C)(=O)=O)cc12. The van der Waals surface area contributed by atoms with Crippen LogP contribution in [0.25, 0.3) is 10.9 Å². The number of nitrogens with zero attached hydrogens (tertiary/aromatic N) is 3. The summed E-state index contributed by atoms with van der Waals surface area (Å²) in [7, 11) is -1.19. The lowest BCUT2D eigenvalue weighted by Gasteiger charge is -2.21. The standard InChI is InChI=1S/C15H22N4O2S/c1-11(2)19(3)8-7-16-15-13-9-12(22(4,20)21)5-6-14(13)17-10-18-15/h5-6,9-11H,7-8H2,1-4H3,(H,16,17,18). The van der Waals surface area contributed by atoms with E-state index in [1.807, 2.05) is 0 Å². The van der Waals surface area contributed by atoms with E-state index >= 15 is 0 Å². The van der Waals surface area contributed by atoms with E-state index in [-0.39, 0.29) is 4.90 Å². The van der Waals surface area contributed by atoms with Crippen LogP contribution in [-0.4, -0.2) is 55.7 Å². The molecule has 0 amide bonds. The first kappa shape index (κ1) is 16.6. The van der Waals surface area contributed by atoms with Crippen LogP contribution in [0.4, 0.5) is 5.82 Å². The van der Waals surface area contributed by atoms with E-state index in [0.717, 1.165) is 24.0 Å². The van der Waals surface area contributed by atoms with E-state index in [2.05, 4.69) is 41.1 Å². The third-order valence-electron chi connectivity index (χ3n) is 3.67. The molecule has 0 aliphatic heterocycles. The number of sulfone groups is 1. The molecule has 1 heterocycles. The Morgan fingerprint density at radius 1 is 1.27 bits per heavy atom. The number of rotatable bonds is 6. The highest BCUT2D eigenvalue weighted by Gasteiger charge is 2.11. The molecule has 7 heteroatoms. The van der Waals surface area contributed by atoms with Crippen LogP contribution in [-0.2, 0) is 9.84 Å². The van der Waals surface area contributed by atoms with Crippen molar-refractivity contribution in [3.8, 4) is 0 Å². The average Bonchev–Trinajstić information content (AvgIpc) is 2.45. The van der Waals surface area contributed by atoms with Gasteiger partial charge in [-0.15, -0.1) is 0 Å². The molecule has 2 aromatic rings. The Labute approximate surface area is 131 Å². The van der Waals surface area contributed by atoms with Crippen molar-refractivity contribution in [3.63, 3.8) is 0 Å². The molecule has 1 N–H and O–H groups in total. The van der Waals surface area contributed by atoms with Gasteiger partial charge in [-0.2, -0.15) is 0 Å². The monoisotopic (exact) mass is 322 g/mol. The Morgan fingerprint density at radius 3 is 2.64 bits per heavy atom. The van der Waals surface area contributed by atoms with Crippen molar-refractivity contribution >= 4 is 26.6 Å². The fourth-order valence-corrected chi connectivity index (χ4v) is 2.66. The minimum Gasteiger partial charge on any atom is -0.368 e. The van der Waals surface area contributed by atoms with E-state index in [0.29, 0.717) is 11.9 Å². The summed E-state index contributed by atoms with van der Waals surface area (Å²) in [5, 5.41) is 3.98. The molecule has 6 nitrogen and oxygen atoms in total. The predicted octanol–water partition coefficient (Wildman–Crippen LogP) is 1.79. The Balaban J connectivity index is 2.26. The van der Waals surface area contributed by atoms with Crippen LogP contribution in [0.5, 0.6) is 0 Å². The van der Waals surface area contributed by atoms with Crippen molar-refractivity contribution in [3.05, 3.63) is 24.5 Å². The van der Waals surface area contributed by atoms with Gasteiger partial charge in [0.05, 0.1) is 10.4 Å². The Bertz CT molecular complexity index is 759. The number of hydrogen-bond acceptors (Lipinski definition) is 6. The van der Waals surface area contributed by atoms with Gasteiger partial charge in [0.1, 0.15) is 12.1 Å². The molecule has 120 valence electrons. The molecule has 1 aromatic heterocycles. The van der Waals surface area contributed by atoms with Crippen LogP contribution in [0.3, 0.4) is 0 Å². The maximum absolute atomic E-state index is 11.7. The predicted molar refractivity (Wildman–Crippen MR) is 88.9 cm³/mol. The molecular formula is C15H22N4O2S. The minimum absolute atomic E-state index is 0.275. The summed E-state index contributed by atoms with van der Waals surface area (Å²) in [5.74, 6) is 0.660. The quantitative estimate of drug-likeness (QED) is 0.874. The number of hydrogen-bond donors (Lipinski definition) is 1. The normalized spacial score (nSPS) is 12.3. The molecule has 0 aliphatic carbocycles. The average molecular weight is 322 g/mol. The summed E-state index contributed by atoms with van der Waals surface area (Å²) in [6.45, 7) is 5.87. The second kappa shape index (κ2) is 6.58. The second-order valence-corrected chi connectivity index (χ2v) is 7.69. The van der Waals surface area contributed by atoms with E-state index in [4.69, 9.17) is 0 Å². The second-order valence-electron chi connectivity index (χ2n) is 5.67. The van der Waals surface area contributed by atoms with Crippen molar-refractivity contribution in [2.45, 2.75) is 24.8 Å². The lowest BCUT2D eigenvalue weighted by molar-refractivity contribution is 0.284. The van der Waals surface area contributed by atoms with Gasteiger partial charge in [0.25, 0.3) is 0 Å². The Kier molecular flexibility index (Phi) is 4.97. The van der Waals surface area contributed by atoms with Crippen molar-refractivity contribution in [2.24, 2.45) is 0 Å². The molecule has 0 saturated carbocycles. The van der Waals surface area contributed by atoms with Gasteiger partial charge in [0.2, 0.25) is 0 Å². The summed E-state index contributed by atoms with van der Waals surface area (Å²) in [5.41, 5.74) is 0.724. The first-order chi connectivity index (χ1) is 10.3. The van der Waals surface area contributed by atoms with E-state index in [1.54, 1.807) is 18.2 Å². The van der Waals surface area contributed by atoms with Gasteiger partial charge in [0, 0.05) is 30.8 Å². The molecule has 1 aromatic carbocycles. The maximum atomic E-state index is 11.7. The fourth-order valence-electron chi connectivity index (χ4n) is 2.02. The van der Waals surface area contributed by atoms with Gasteiger partial charge < -0.3 is 10.2 Å². The molecule has 22 heavy (non-hydrogen) atoms. The minimum atomic E-state index is -3.25. The Morgan fingerprint density at radius 2 is 2.00 bits per heavy atom. The van der Waals surface area contributed by atoms with Crippen molar-refractivity contribution < 1.29 is 8.42 Å². The molecule has 0 fully saturated rings. The maximum Gasteiger partial charge on any atom is 0.175 e. The lowest BCUT2D eigenvalue weighted by Crippen LogP contribution is -2.31. The van der Waals surface area contributed by atoms with Crippen molar-refractivity contribution in [1.82, 2.24) is 14.9 Å². The number of likely N-dealkylation sites (N-methyl/N-ethyl adjacent to an activating group) is 1. The highest BCUT2D eigenvalue weighted by atomic mass is 32.2. The van der Waals surface area contributed by atoms with Crippen molar-refractivity contribution in [2.75, 3.05) is 31.7 Å². The topological polar surface area (TPSA) is 75.2 Å². The van der Waals surface area contributed by atoms with Gasteiger partial charge in [-0.25, -0.2) is 18.4 Å². The molecule has 0 spiro atoms. The van der Waals surface area contributed by atoms with Crippen molar-refractivity contribution in [1.29, 1.82) is 0 Å². The molecular weight excluding hydrogens is 300 g/mol. The van der Waals surface area contributed by atoms with Gasteiger partial charge >= 0.3 is 0 Å². The Hall–Kier alpha value is -1.73. The van der Waals surface area contributed by atoms with Gasteiger partial charge in [-0.3, -0.25) is 0 Å². The fraction of sp³-hybridized carbons (Fsp3) is 0.467. The van der Waals surface area contributed by atoms with Crippen LogP contribution in [0.15, 0.2) is 29.4 Å². The van der Waals surface area contributed by atoms with Crippen LogP contribution < -0.4 is 5.32 Å². The zero-order valence-electron chi connectivity index (χ0n) is 13.4. The number of fused-ring (bicyclic) bond motifs is 1. The molecule has 0 atom stereocenters. The summed E-state index contributed by atoms with van der Waals surface area (Å²) >= 11 is 0. The first-order valence-electron chi connectivity index (χ1n) is 7.18. The van der Waals surface area contributed by atoms with Crippen LogP contribution in [0, 0.1) is 0 Å². The molecule has 2 rings (SSSR count). The molecule has 0 unspecified atom stereocenters. The molecule has 0 aliphatic rings. The zero-order chi connectivity index (χ0) is 16.3. The largest absolute Gasteiger partial charge is 0.368 e. The summed E-state index contributed by atoms with van der Waals surface area (Å²) in [6, 6.07) is 5.37. The van der Waals surface area contributed by atoms with Crippen LogP contribution in [0.1, 0.15) is 13.8 Å². The number of anilines is 1. The molecule has 0 bridgehead atoms. The van der Waals surface area contributed by atoms with E-state index in [9.17, 15) is 8.42 Å². The number of nitrogens with one attached hydrogen (secondary N) is 1. The summed E-state index contributed by atoms with van der Waals surface area (Å²) in [6.07, 6.45) is 2.68. The first-order valence-corrected chi connectivity index (χ1v) is 9.07.